The van der Waals surface area contributed by atoms with Crippen LogP contribution in [0.2, 0.25) is 0 Å². The normalized spacial score (nSPS) is 19.6. The van der Waals surface area contributed by atoms with E-state index in [1.807, 2.05) is 15.9 Å². The van der Waals surface area contributed by atoms with Crippen molar-refractivity contribution in [3.8, 4) is 0 Å². The maximum absolute atomic E-state index is 13.5. The molecule has 2 heterocycles. The summed E-state index contributed by atoms with van der Waals surface area (Å²) in [6.45, 7) is 3.49. The topological polar surface area (TPSA) is 69.9 Å². The number of nitrogens with zero attached hydrogens (tertiary/aromatic N) is 4. The van der Waals surface area contributed by atoms with Crippen LogP contribution in [0, 0.1) is 15.9 Å². The highest BCUT2D eigenvalue weighted by Gasteiger charge is 2.30. The van der Waals surface area contributed by atoms with Gasteiger partial charge in [0.25, 0.3) is 5.69 Å². The van der Waals surface area contributed by atoms with Crippen LogP contribution in [-0.4, -0.2) is 65.9 Å². The first-order chi connectivity index (χ1) is 15.0. The Kier molecular flexibility index (Phi) is 6.46. The van der Waals surface area contributed by atoms with Gasteiger partial charge >= 0.3 is 0 Å². The summed E-state index contributed by atoms with van der Waals surface area (Å²) in [4.78, 5) is 29.9. The molecule has 31 heavy (non-hydrogen) atoms. The Hall–Kier alpha value is -3.00. The van der Waals surface area contributed by atoms with E-state index in [9.17, 15) is 19.3 Å². The van der Waals surface area contributed by atoms with Gasteiger partial charge in [-0.3, -0.25) is 19.8 Å². The fourth-order valence-electron chi connectivity index (χ4n) is 4.63. The number of piperazine rings is 1. The molecule has 0 N–H and O–H groups in total. The second kappa shape index (κ2) is 9.43. The molecule has 1 amide bonds. The highest BCUT2D eigenvalue weighted by Crippen LogP contribution is 2.28. The number of rotatable bonds is 6. The van der Waals surface area contributed by atoms with Gasteiger partial charge in [-0.1, -0.05) is 24.3 Å². The largest absolute Gasteiger partial charge is 0.362 e. The zero-order chi connectivity index (χ0) is 21.8. The summed E-state index contributed by atoms with van der Waals surface area (Å²) >= 11 is 0. The average Bonchev–Trinajstić information content (AvgIpc) is 3.20. The van der Waals surface area contributed by atoms with Crippen LogP contribution in [0.5, 0.6) is 0 Å². The molecule has 2 aliphatic heterocycles. The van der Waals surface area contributed by atoms with Crippen LogP contribution >= 0.6 is 0 Å². The standard InChI is InChI=1S/C23H27FN4O3/c24-19-6-3-5-18(15-19)16-20-7-4-10-27(20)17-23(29)26-13-11-25(12-14-26)21-8-1-2-9-22(21)28(30)31/h1-3,5-6,8-9,15,20H,4,7,10-14,16-17H2. The molecule has 2 aromatic rings. The van der Waals surface area contributed by atoms with E-state index >= 15 is 0 Å². The van der Waals surface area contributed by atoms with Crippen molar-refractivity contribution in [1.29, 1.82) is 0 Å². The summed E-state index contributed by atoms with van der Waals surface area (Å²) in [6.07, 6.45) is 2.80. The number of halogens is 1. The van der Waals surface area contributed by atoms with Crippen LogP contribution in [0.3, 0.4) is 0 Å². The molecule has 1 atom stereocenters. The number of benzene rings is 2. The molecular formula is C23H27FN4O3. The number of amides is 1. The second-order valence-electron chi connectivity index (χ2n) is 8.21. The SMILES string of the molecule is O=C(CN1CCCC1Cc1cccc(F)c1)N1CCN(c2ccccc2[N+](=O)[O-])CC1. The maximum Gasteiger partial charge on any atom is 0.292 e. The number of likely N-dealkylation sites (tertiary alicyclic amines) is 1. The Labute approximate surface area is 181 Å². The lowest BCUT2D eigenvalue weighted by molar-refractivity contribution is -0.384. The Bertz CT molecular complexity index is 946. The number of hydrogen-bond donors (Lipinski definition) is 0. The third-order valence-electron chi connectivity index (χ3n) is 6.25. The maximum atomic E-state index is 13.5. The van der Waals surface area contributed by atoms with Crippen molar-refractivity contribution in [2.24, 2.45) is 0 Å². The smallest absolute Gasteiger partial charge is 0.292 e. The number of nitro groups is 1. The van der Waals surface area contributed by atoms with Crippen LogP contribution in [-0.2, 0) is 11.2 Å². The number of nitro benzene ring substituents is 1. The molecule has 164 valence electrons. The first-order valence-corrected chi connectivity index (χ1v) is 10.8. The number of carbonyl (C=O) groups is 1. The summed E-state index contributed by atoms with van der Waals surface area (Å²) in [7, 11) is 0. The van der Waals surface area contributed by atoms with E-state index < -0.39 is 0 Å². The van der Waals surface area contributed by atoms with Gasteiger partial charge < -0.3 is 9.80 Å². The van der Waals surface area contributed by atoms with Crippen molar-refractivity contribution < 1.29 is 14.1 Å². The molecule has 2 aromatic carbocycles. The number of carbonyl (C=O) groups excluding carboxylic acids is 1. The molecule has 2 aliphatic rings. The molecule has 2 fully saturated rings. The van der Waals surface area contributed by atoms with Crippen LogP contribution in [0.25, 0.3) is 0 Å². The van der Waals surface area contributed by atoms with E-state index in [4.69, 9.17) is 0 Å². The Morgan fingerprint density at radius 3 is 2.58 bits per heavy atom. The third-order valence-corrected chi connectivity index (χ3v) is 6.25. The van der Waals surface area contributed by atoms with Crippen molar-refractivity contribution in [2.75, 3.05) is 44.2 Å². The molecule has 7 nitrogen and oxygen atoms in total. The lowest BCUT2D eigenvalue weighted by Crippen LogP contribution is -2.52. The van der Waals surface area contributed by atoms with Gasteiger partial charge in [0.05, 0.1) is 11.5 Å². The predicted molar refractivity (Wildman–Crippen MR) is 117 cm³/mol. The zero-order valence-electron chi connectivity index (χ0n) is 17.5. The van der Waals surface area contributed by atoms with Crippen molar-refractivity contribution in [3.63, 3.8) is 0 Å². The minimum Gasteiger partial charge on any atom is -0.362 e. The summed E-state index contributed by atoms with van der Waals surface area (Å²) < 4.78 is 13.5. The van der Waals surface area contributed by atoms with Crippen molar-refractivity contribution in [3.05, 3.63) is 70.0 Å². The number of para-hydroxylation sites is 2. The minimum absolute atomic E-state index is 0.0911. The fourth-order valence-corrected chi connectivity index (χ4v) is 4.63. The van der Waals surface area contributed by atoms with Crippen LogP contribution in [0.15, 0.2) is 48.5 Å². The Morgan fingerprint density at radius 1 is 1.06 bits per heavy atom. The van der Waals surface area contributed by atoms with Crippen molar-refractivity contribution >= 4 is 17.3 Å². The van der Waals surface area contributed by atoms with Crippen molar-refractivity contribution in [2.45, 2.75) is 25.3 Å². The van der Waals surface area contributed by atoms with Gasteiger partial charge in [0, 0.05) is 38.3 Å². The molecule has 8 heteroatoms. The summed E-state index contributed by atoms with van der Waals surface area (Å²) in [5, 5.41) is 11.3. The molecule has 0 radical (unpaired) electrons. The van der Waals surface area contributed by atoms with Gasteiger partial charge in [0.2, 0.25) is 5.91 Å². The van der Waals surface area contributed by atoms with Gasteiger partial charge in [0.1, 0.15) is 11.5 Å². The molecule has 0 spiro atoms. The average molecular weight is 426 g/mol. The lowest BCUT2D eigenvalue weighted by atomic mass is 10.0. The van der Waals surface area contributed by atoms with E-state index in [0.717, 1.165) is 31.4 Å². The Morgan fingerprint density at radius 2 is 1.84 bits per heavy atom. The minimum atomic E-state index is -0.362. The van der Waals surface area contributed by atoms with Crippen LogP contribution in [0.4, 0.5) is 15.8 Å². The second-order valence-corrected chi connectivity index (χ2v) is 8.21. The molecular weight excluding hydrogens is 399 g/mol. The molecule has 4 rings (SSSR count). The Balaban J connectivity index is 1.32. The highest BCUT2D eigenvalue weighted by atomic mass is 19.1. The van der Waals surface area contributed by atoms with E-state index in [0.29, 0.717) is 38.4 Å². The first kappa shape index (κ1) is 21.2. The quantitative estimate of drug-likeness (QED) is 0.525. The van der Waals surface area contributed by atoms with Crippen molar-refractivity contribution in [1.82, 2.24) is 9.80 Å². The van der Waals surface area contributed by atoms with Gasteiger partial charge in [-0.05, 0) is 49.6 Å². The van der Waals surface area contributed by atoms with E-state index in [1.165, 1.54) is 12.1 Å². The molecule has 1 unspecified atom stereocenters. The molecule has 0 saturated carbocycles. The van der Waals surface area contributed by atoms with Crippen LogP contribution < -0.4 is 4.90 Å². The number of hydrogen-bond acceptors (Lipinski definition) is 5. The first-order valence-electron chi connectivity index (χ1n) is 10.8. The van der Waals surface area contributed by atoms with Crippen LogP contribution in [0.1, 0.15) is 18.4 Å². The van der Waals surface area contributed by atoms with Gasteiger partial charge in [-0.15, -0.1) is 0 Å². The summed E-state index contributed by atoms with van der Waals surface area (Å²) in [5.74, 6) is -0.136. The number of anilines is 1. The third kappa shape index (κ3) is 5.02. The van der Waals surface area contributed by atoms with E-state index in [2.05, 4.69) is 4.90 Å². The molecule has 0 aliphatic carbocycles. The van der Waals surface area contributed by atoms with Gasteiger partial charge in [-0.25, -0.2) is 4.39 Å². The molecule has 0 bridgehead atoms. The predicted octanol–water partition coefficient (Wildman–Crippen LogP) is 3.09. The van der Waals surface area contributed by atoms with Gasteiger partial charge in [0.15, 0.2) is 0 Å². The van der Waals surface area contributed by atoms with E-state index in [1.54, 1.807) is 30.3 Å². The van der Waals surface area contributed by atoms with E-state index in [-0.39, 0.29) is 28.4 Å². The summed E-state index contributed by atoms with van der Waals surface area (Å²) in [5.41, 5.74) is 1.66. The lowest BCUT2D eigenvalue weighted by Gasteiger charge is -2.37. The monoisotopic (exact) mass is 426 g/mol. The molecule has 2 saturated heterocycles. The fraction of sp³-hybridized carbons (Fsp3) is 0.435. The molecule has 0 aromatic heterocycles. The zero-order valence-corrected chi connectivity index (χ0v) is 17.5. The highest BCUT2D eigenvalue weighted by molar-refractivity contribution is 5.79. The summed E-state index contributed by atoms with van der Waals surface area (Å²) in [6, 6.07) is 13.7. The van der Waals surface area contributed by atoms with Gasteiger partial charge in [-0.2, -0.15) is 0 Å².